The number of aryl methyl sites for hydroxylation is 1. The predicted octanol–water partition coefficient (Wildman–Crippen LogP) is 5.30. The van der Waals surface area contributed by atoms with Crippen molar-refractivity contribution < 1.29 is 0 Å². The van der Waals surface area contributed by atoms with Crippen molar-refractivity contribution in [2.75, 3.05) is 0 Å². The molecule has 2 rings (SSSR count). The molecule has 1 aromatic rings. The van der Waals surface area contributed by atoms with Crippen LogP contribution >= 0.6 is 11.9 Å². The van der Waals surface area contributed by atoms with Gasteiger partial charge in [-0.25, -0.2) is 0 Å². The third-order valence-corrected chi connectivity index (χ3v) is 4.39. The molecule has 1 aliphatic rings. The fourth-order valence-electron chi connectivity index (χ4n) is 2.54. The molecule has 1 aliphatic carbocycles. The first-order valence-electron chi connectivity index (χ1n) is 7.64. The van der Waals surface area contributed by atoms with E-state index >= 15 is 0 Å². The van der Waals surface area contributed by atoms with E-state index in [0.717, 1.165) is 0 Å². The van der Waals surface area contributed by atoms with Gasteiger partial charge in [0.25, 0.3) is 0 Å². The summed E-state index contributed by atoms with van der Waals surface area (Å²) < 4.78 is 3.66. The Labute approximate surface area is 123 Å². The highest BCUT2D eigenvalue weighted by Gasteiger charge is 2.28. The minimum atomic E-state index is 0.658. The predicted molar refractivity (Wildman–Crippen MR) is 88.8 cm³/mol. The van der Waals surface area contributed by atoms with Gasteiger partial charge in [-0.3, -0.25) is 4.72 Å². The summed E-state index contributed by atoms with van der Waals surface area (Å²) in [5, 5.41) is 0.661. The molecule has 0 aliphatic heterocycles. The van der Waals surface area contributed by atoms with Gasteiger partial charge in [0.15, 0.2) is 0 Å². The molecule has 1 nitrogen and oxygen atoms in total. The summed E-state index contributed by atoms with van der Waals surface area (Å²) in [6.45, 7) is 10.6. The van der Waals surface area contributed by atoms with E-state index in [9.17, 15) is 0 Å². The quantitative estimate of drug-likeness (QED) is 0.750. The molecule has 1 unspecified atom stereocenters. The molecule has 1 saturated carbocycles. The van der Waals surface area contributed by atoms with Crippen LogP contribution in [0.3, 0.4) is 0 Å². The number of rotatable bonds is 4. The largest absolute Gasteiger partial charge is 0.260 e. The Morgan fingerprint density at radius 3 is 2.32 bits per heavy atom. The Hall–Kier alpha value is -0.470. The van der Waals surface area contributed by atoms with E-state index in [2.05, 4.69) is 49.8 Å². The average Bonchev–Trinajstić information content (AvgIpc) is 2.88. The minimum absolute atomic E-state index is 0.658. The molecule has 0 bridgehead atoms. The first kappa shape index (κ1) is 16.6. The van der Waals surface area contributed by atoms with Crippen molar-refractivity contribution in [2.45, 2.75) is 71.1 Å². The molecular weight excluding hydrogens is 250 g/mol. The zero-order chi connectivity index (χ0) is 14.3. The van der Waals surface area contributed by atoms with Gasteiger partial charge in [0.05, 0.1) is 0 Å². The van der Waals surface area contributed by atoms with Crippen molar-refractivity contribution in [1.29, 1.82) is 0 Å². The summed E-state index contributed by atoms with van der Waals surface area (Å²) in [5.41, 5.74) is 2.86. The lowest BCUT2D eigenvalue weighted by Gasteiger charge is -2.22. The lowest BCUT2D eigenvalue weighted by Crippen LogP contribution is -2.27. The van der Waals surface area contributed by atoms with E-state index in [1.54, 1.807) is 0 Å². The van der Waals surface area contributed by atoms with Gasteiger partial charge >= 0.3 is 0 Å². The van der Waals surface area contributed by atoms with Crippen molar-refractivity contribution in [3.8, 4) is 0 Å². The van der Waals surface area contributed by atoms with Gasteiger partial charge in [-0.2, -0.15) is 0 Å². The van der Waals surface area contributed by atoms with Crippen molar-refractivity contribution in [1.82, 2.24) is 4.72 Å². The summed E-state index contributed by atoms with van der Waals surface area (Å²) in [4.78, 5) is 0. The van der Waals surface area contributed by atoms with Crippen LogP contribution in [0, 0.1) is 6.92 Å². The minimum Gasteiger partial charge on any atom is -0.260 e. The Bertz CT molecular complexity index is 345. The number of benzene rings is 1. The van der Waals surface area contributed by atoms with Gasteiger partial charge in [-0.15, -0.1) is 0 Å². The maximum atomic E-state index is 3.66. The second-order valence-corrected chi connectivity index (χ2v) is 6.75. The first-order valence-corrected chi connectivity index (χ1v) is 8.52. The van der Waals surface area contributed by atoms with Crippen LogP contribution in [0.4, 0.5) is 0 Å². The van der Waals surface area contributed by atoms with Crippen molar-refractivity contribution in [3.63, 3.8) is 0 Å². The molecule has 1 fully saturated rings. The molecule has 0 radical (unpaired) electrons. The first-order chi connectivity index (χ1) is 9.16. The van der Waals surface area contributed by atoms with Crippen LogP contribution in [-0.2, 0) is 0 Å². The lowest BCUT2D eigenvalue weighted by atomic mass is 9.94. The van der Waals surface area contributed by atoms with Crippen LogP contribution in [0.5, 0.6) is 0 Å². The van der Waals surface area contributed by atoms with E-state index in [0.29, 0.717) is 17.2 Å². The maximum absolute atomic E-state index is 3.66. The van der Waals surface area contributed by atoms with Gasteiger partial charge < -0.3 is 0 Å². The molecule has 0 saturated heterocycles. The zero-order valence-electron chi connectivity index (χ0n) is 13.1. The van der Waals surface area contributed by atoms with Crippen LogP contribution in [0.2, 0.25) is 0 Å². The molecule has 0 spiro atoms. The summed E-state index contributed by atoms with van der Waals surface area (Å²) >= 11 is 1.88. The molecule has 1 aromatic carbocycles. The highest BCUT2D eigenvalue weighted by Crippen LogP contribution is 2.35. The molecule has 19 heavy (non-hydrogen) atoms. The van der Waals surface area contributed by atoms with Crippen LogP contribution in [0.15, 0.2) is 24.3 Å². The van der Waals surface area contributed by atoms with Gasteiger partial charge in [0.2, 0.25) is 0 Å². The molecule has 2 atom stereocenters. The lowest BCUT2D eigenvalue weighted by molar-refractivity contribution is 0.578. The normalized spacial score (nSPS) is 22.2. The molecule has 0 heterocycles. The Morgan fingerprint density at radius 2 is 1.74 bits per heavy atom. The Morgan fingerprint density at radius 1 is 1.11 bits per heavy atom. The fraction of sp³-hybridized carbons (Fsp3) is 0.647. The third-order valence-electron chi connectivity index (χ3n) is 3.48. The van der Waals surface area contributed by atoms with Crippen molar-refractivity contribution in [2.24, 2.45) is 0 Å². The standard InChI is InChI=1S/C15H23NS.C2H6/c1-11(2)17-16-15-6-4-5-14(15)13-9-7-12(3)8-10-13;1-2/h7-11,14-16H,4-6H2,1-3H3;1-2H3/t14?,15-;/m0./s1. The second kappa shape index (κ2) is 8.65. The van der Waals surface area contributed by atoms with Crippen LogP contribution in [0.1, 0.15) is 64.0 Å². The van der Waals surface area contributed by atoms with Crippen LogP contribution < -0.4 is 4.72 Å². The molecule has 2 heteroatoms. The van der Waals surface area contributed by atoms with Crippen LogP contribution in [-0.4, -0.2) is 11.3 Å². The smallest absolute Gasteiger partial charge is 0.0240 e. The van der Waals surface area contributed by atoms with E-state index in [-0.39, 0.29) is 0 Å². The topological polar surface area (TPSA) is 12.0 Å². The third kappa shape index (κ3) is 5.19. The molecule has 1 N–H and O–H groups in total. The summed E-state index contributed by atoms with van der Waals surface area (Å²) in [5.74, 6) is 0.710. The summed E-state index contributed by atoms with van der Waals surface area (Å²) in [7, 11) is 0. The highest BCUT2D eigenvalue weighted by molar-refractivity contribution is 7.98. The molecule has 108 valence electrons. The van der Waals surface area contributed by atoms with Gasteiger partial charge in [-0.1, -0.05) is 75.9 Å². The molecule has 0 aromatic heterocycles. The van der Waals surface area contributed by atoms with E-state index in [1.807, 2.05) is 25.8 Å². The summed E-state index contributed by atoms with van der Waals surface area (Å²) in [6, 6.07) is 9.74. The highest BCUT2D eigenvalue weighted by atomic mass is 32.2. The molecular formula is C17H29NS. The number of hydrogen-bond donors (Lipinski definition) is 1. The maximum Gasteiger partial charge on any atom is 0.0240 e. The Kier molecular flexibility index (Phi) is 7.55. The van der Waals surface area contributed by atoms with Gasteiger partial charge in [-0.05, 0) is 25.3 Å². The van der Waals surface area contributed by atoms with E-state index in [4.69, 9.17) is 0 Å². The van der Waals surface area contributed by atoms with Gasteiger partial charge in [0.1, 0.15) is 0 Å². The van der Waals surface area contributed by atoms with Crippen LogP contribution in [0.25, 0.3) is 0 Å². The fourth-order valence-corrected chi connectivity index (χ4v) is 3.27. The van der Waals surface area contributed by atoms with Gasteiger partial charge in [0, 0.05) is 17.2 Å². The number of hydrogen-bond acceptors (Lipinski definition) is 2. The Balaban J connectivity index is 0.000000861. The summed E-state index contributed by atoms with van der Waals surface area (Å²) in [6.07, 6.45) is 4.01. The van der Waals surface area contributed by atoms with E-state index in [1.165, 1.54) is 30.4 Å². The average molecular weight is 279 g/mol. The monoisotopic (exact) mass is 279 g/mol. The zero-order valence-corrected chi connectivity index (χ0v) is 13.9. The van der Waals surface area contributed by atoms with Crippen molar-refractivity contribution >= 4 is 11.9 Å². The second-order valence-electron chi connectivity index (χ2n) is 5.34. The SMILES string of the molecule is CC.Cc1ccc(C2CCC[C@@H]2NSC(C)C)cc1. The number of nitrogens with one attached hydrogen (secondary N) is 1. The van der Waals surface area contributed by atoms with E-state index < -0.39 is 0 Å². The molecule has 0 amide bonds. The van der Waals surface area contributed by atoms with Crippen molar-refractivity contribution in [3.05, 3.63) is 35.4 Å².